The average Bonchev–Trinajstić information content (AvgIpc) is 2.48. The molecular formula is C16H33N3O2. The minimum atomic E-state index is -0.0869. The van der Waals surface area contributed by atoms with Crippen LogP contribution < -0.4 is 16.0 Å². The highest BCUT2D eigenvalue weighted by Gasteiger charge is 2.18. The van der Waals surface area contributed by atoms with E-state index in [1.165, 1.54) is 0 Å². The van der Waals surface area contributed by atoms with Crippen molar-refractivity contribution in [2.75, 3.05) is 13.1 Å². The monoisotopic (exact) mass is 299 g/mol. The molecule has 1 atom stereocenters. The first-order valence-electron chi connectivity index (χ1n) is 8.36. The summed E-state index contributed by atoms with van der Waals surface area (Å²) >= 11 is 0. The molecule has 0 saturated carbocycles. The number of amides is 2. The minimum Gasteiger partial charge on any atom is -0.356 e. The van der Waals surface area contributed by atoms with E-state index in [9.17, 15) is 9.59 Å². The van der Waals surface area contributed by atoms with Crippen LogP contribution in [0.15, 0.2) is 0 Å². The Kier molecular flexibility index (Phi) is 12.0. The lowest BCUT2D eigenvalue weighted by atomic mass is 10.1. The molecule has 0 saturated heterocycles. The molecule has 5 nitrogen and oxygen atoms in total. The van der Waals surface area contributed by atoms with E-state index in [1.807, 2.05) is 6.92 Å². The van der Waals surface area contributed by atoms with E-state index in [4.69, 9.17) is 0 Å². The van der Waals surface area contributed by atoms with Gasteiger partial charge >= 0.3 is 0 Å². The molecule has 0 bridgehead atoms. The summed E-state index contributed by atoms with van der Waals surface area (Å²) in [6, 6.07) is 0.148. The Morgan fingerprint density at radius 1 is 0.810 bits per heavy atom. The van der Waals surface area contributed by atoms with Gasteiger partial charge in [-0.3, -0.25) is 9.59 Å². The number of hydrogen-bond acceptors (Lipinski definition) is 3. The van der Waals surface area contributed by atoms with Crippen LogP contribution in [0.1, 0.15) is 66.2 Å². The Morgan fingerprint density at radius 2 is 1.38 bits per heavy atom. The number of carbonyl (C=O) groups is 2. The van der Waals surface area contributed by atoms with Crippen molar-refractivity contribution in [1.29, 1.82) is 0 Å². The van der Waals surface area contributed by atoms with Gasteiger partial charge in [-0.05, 0) is 32.2 Å². The third-order valence-corrected chi connectivity index (χ3v) is 3.47. The first-order chi connectivity index (χ1) is 10.1. The fourth-order valence-corrected chi connectivity index (χ4v) is 2.13. The van der Waals surface area contributed by atoms with E-state index in [-0.39, 0.29) is 23.9 Å². The average molecular weight is 299 g/mol. The highest BCUT2D eigenvalue weighted by Crippen LogP contribution is 2.02. The molecule has 21 heavy (non-hydrogen) atoms. The molecule has 0 rings (SSSR count). The summed E-state index contributed by atoms with van der Waals surface area (Å²) in [6.07, 6.45) is 4.50. The van der Waals surface area contributed by atoms with Crippen molar-refractivity contribution in [3.63, 3.8) is 0 Å². The number of rotatable bonds is 12. The van der Waals surface area contributed by atoms with Gasteiger partial charge in [0.25, 0.3) is 0 Å². The maximum absolute atomic E-state index is 12.1. The van der Waals surface area contributed by atoms with Crippen LogP contribution in [-0.2, 0) is 9.59 Å². The van der Waals surface area contributed by atoms with Crippen molar-refractivity contribution in [1.82, 2.24) is 16.0 Å². The van der Waals surface area contributed by atoms with E-state index in [2.05, 4.69) is 36.7 Å². The van der Waals surface area contributed by atoms with Gasteiger partial charge in [-0.2, -0.15) is 0 Å². The van der Waals surface area contributed by atoms with Crippen molar-refractivity contribution in [3.8, 4) is 0 Å². The van der Waals surface area contributed by atoms with Gasteiger partial charge in [0.05, 0.1) is 0 Å². The fourth-order valence-electron chi connectivity index (χ4n) is 2.13. The van der Waals surface area contributed by atoms with Crippen LogP contribution in [0.25, 0.3) is 0 Å². The first-order valence-corrected chi connectivity index (χ1v) is 8.36. The summed E-state index contributed by atoms with van der Waals surface area (Å²) in [5, 5.41) is 9.19. The molecule has 0 fully saturated rings. The molecule has 0 aromatic heterocycles. The lowest BCUT2D eigenvalue weighted by Crippen LogP contribution is -2.42. The fraction of sp³-hybridized carbons (Fsp3) is 0.875. The van der Waals surface area contributed by atoms with E-state index in [0.29, 0.717) is 19.4 Å². The summed E-state index contributed by atoms with van der Waals surface area (Å²) in [5.74, 6) is 0.0429. The zero-order valence-corrected chi connectivity index (χ0v) is 14.1. The summed E-state index contributed by atoms with van der Waals surface area (Å²) in [4.78, 5) is 23.9. The highest BCUT2D eigenvalue weighted by atomic mass is 16.2. The standard InChI is InChI=1S/C16H33N3O2/c1-5-9-17-14(11-15(20)18-10-6-2)12-16(21)19-13(7-3)8-4/h13-14,17H,5-12H2,1-4H3,(H,18,20)(H,19,21). The van der Waals surface area contributed by atoms with E-state index >= 15 is 0 Å². The SMILES string of the molecule is CCCNC(=O)CC(CC(=O)NC(CC)CC)NCCC. The van der Waals surface area contributed by atoms with E-state index < -0.39 is 0 Å². The Morgan fingerprint density at radius 3 is 1.90 bits per heavy atom. The summed E-state index contributed by atoms with van der Waals surface area (Å²) < 4.78 is 0. The molecule has 0 aliphatic carbocycles. The van der Waals surface area contributed by atoms with Crippen LogP contribution >= 0.6 is 0 Å². The number of carbonyl (C=O) groups excluding carboxylic acids is 2. The lowest BCUT2D eigenvalue weighted by Gasteiger charge is -2.20. The van der Waals surface area contributed by atoms with Gasteiger partial charge < -0.3 is 16.0 Å². The zero-order valence-electron chi connectivity index (χ0n) is 14.1. The molecule has 0 aromatic rings. The maximum Gasteiger partial charge on any atom is 0.221 e. The molecule has 0 aliphatic rings. The second-order valence-electron chi connectivity index (χ2n) is 5.49. The van der Waals surface area contributed by atoms with E-state index in [1.54, 1.807) is 0 Å². The van der Waals surface area contributed by atoms with E-state index in [0.717, 1.165) is 32.2 Å². The quantitative estimate of drug-likeness (QED) is 0.516. The van der Waals surface area contributed by atoms with Gasteiger partial charge in [0, 0.05) is 31.5 Å². The van der Waals surface area contributed by atoms with Gasteiger partial charge in [0.1, 0.15) is 0 Å². The predicted octanol–water partition coefficient (Wildman–Crippen LogP) is 1.97. The molecule has 0 aliphatic heterocycles. The summed E-state index contributed by atoms with van der Waals surface area (Å²) in [7, 11) is 0. The smallest absolute Gasteiger partial charge is 0.221 e. The molecule has 0 spiro atoms. The number of nitrogens with one attached hydrogen (secondary N) is 3. The number of hydrogen-bond donors (Lipinski definition) is 3. The van der Waals surface area contributed by atoms with Gasteiger partial charge in [-0.25, -0.2) is 0 Å². The molecule has 124 valence electrons. The minimum absolute atomic E-state index is 0.0146. The molecule has 1 unspecified atom stereocenters. The molecule has 0 radical (unpaired) electrons. The Balaban J connectivity index is 4.32. The van der Waals surface area contributed by atoms with Crippen molar-refractivity contribution < 1.29 is 9.59 Å². The molecule has 2 amide bonds. The maximum atomic E-state index is 12.1. The summed E-state index contributed by atoms with van der Waals surface area (Å²) in [6.45, 7) is 9.75. The van der Waals surface area contributed by atoms with Gasteiger partial charge in [-0.15, -0.1) is 0 Å². The first kappa shape index (κ1) is 19.9. The topological polar surface area (TPSA) is 70.2 Å². The van der Waals surface area contributed by atoms with Gasteiger partial charge in [-0.1, -0.05) is 27.7 Å². The normalized spacial score (nSPS) is 12.2. The third-order valence-electron chi connectivity index (χ3n) is 3.47. The van der Waals surface area contributed by atoms with Crippen LogP contribution in [0.2, 0.25) is 0 Å². The molecule has 3 N–H and O–H groups in total. The Hall–Kier alpha value is -1.10. The van der Waals surface area contributed by atoms with Crippen molar-refractivity contribution >= 4 is 11.8 Å². The van der Waals surface area contributed by atoms with Crippen LogP contribution in [0.3, 0.4) is 0 Å². The van der Waals surface area contributed by atoms with Crippen molar-refractivity contribution in [3.05, 3.63) is 0 Å². The van der Waals surface area contributed by atoms with Crippen molar-refractivity contribution in [2.24, 2.45) is 0 Å². The summed E-state index contributed by atoms with van der Waals surface area (Å²) in [5.41, 5.74) is 0. The second kappa shape index (κ2) is 12.6. The largest absolute Gasteiger partial charge is 0.356 e. The van der Waals surface area contributed by atoms with Gasteiger partial charge in [0.15, 0.2) is 0 Å². The van der Waals surface area contributed by atoms with Crippen LogP contribution in [0.4, 0.5) is 0 Å². The molecular weight excluding hydrogens is 266 g/mol. The van der Waals surface area contributed by atoms with Gasteiger partial charge in [0.2, 0.25) is 11.8 Å². The molecule has 0 heterocycles. The Bertz CT molecular complexity index is 291. The zero-order chi connectivity index (χ0) is 16.1. The molecule has 5 heteroatoms. The van der Waals surface area contributed by atoms with Crippen LogP contribution in [0, 0.1) is 0 Å². The lowest BCUT2D eigenvalue weighted by molar-refractivity contribution is -0.123. The second-order valence-corrected chi connectivity index (χ2v) is 5.49. The third kappa shape index (κ3) is 10.3. The van der Waals surface area contributed by atoms with Crippen LogP contribution in [0.5, 0.6) is 0 Å². The van der Waals surface area contributed by atoms with Crippen LogP contribution in [-0.4, -0.2) is 37.0 Å². The molecule has 0 aromatic carbocycles. The predicted molar refractivity (Wildman–Crippen MR) is 87.1 cm³/mol. The van der Waals surface area contributed by atoms with Crippen molar-refractivity contribution in [2.45, 2.75) is 78.3 Å². The highest BCUT2D eigenvalue weighted by molar-refractivity contribution is 5.80. The Labute approximate surface area is 129 Å².